The van der Waals surface area contributed by atoms with Gasteiger partial charge in [-0.05, 0) is 31.9 Å². The number of hydrogen-bond donors (Lipinski definition) is 1. The molecule has 2 rings (SSSR count). The van der Waals surface area contributed by atoms with Gasteiger partial charge in [0.1, 0.15) is 6.61 Å². The van der Waals surface area contributed by atoms with Crippen LogP contribution in [0.3, 0.4) is 0 Å². The van der Waals surface area contributed by atoms with Gasteiger partial charge in [0.25, 0.3) is 0 Å². The largest absolute Gasteiger partial charge is 0.374 e. The van der Waals surface area contributed by atoms with E-state index in [9.17, 15) is 0 Å². The topological polar surface area (TPSA) is 47.0 Å². The van der Waals surface area contributed by atoms with Gasteiger partial charge in [0.05, 0.1) is 5.69 Å². The summed E-state index contributed by atoms with van der Waals surface area (Å²) in [5, 5.41) is 3.36. The first-order valence-electron chi connectivity index (χ1n) is 6.51. The Hall–Kier alpha value is -1.00. The van der Waals surface area contributed by atoms with Crippen molar-refractivity contribution in [1.82, 2.24) is 15.3 Å². The Kier molecular flexibility index (Phi) is 4.45. The van der Waals surface area contributed by atoms with Crippen LogP contribution in [0.2, 0.25) is 0 Å². The Balaban J connectivity index is 2.27. The van der Waals surface area contributed by atoms with E-state index in [1.54, 1.807) is 0 Å². The van der Waals surface area contributed by atoms with Crippen LogP contribution in [0.1, 0.15) is 43.0 Å². The van der Waals surface area contributed by atoms with Gasteiger partial charge in [-0.25, -0.2) is 9.97 Å². The molecule has 0 spiro atoms. The third kappa shape index (κ3) is 3.01. The first kappa shape index (κ1) is 12.5. The summed E-state index contributed by atoms with van der Waals surface area (Å²) in [6.07, 6.45) is 3.23. The lowest BCUT2D eigenvalue weighted by Gasteiger charge is -2.19. The smallest absolute Gasteiger partial charge is 0.154 e. The van der Waals surface area contributed by atoms with Crippen molar-refractivity contribution in [2.24, 2.45) is 0 Å². The molecule has 0 saturated heterocycles. The SMILES string of the molecule is CCCc1nc(COCC)nc2c1CCNC2. The molecule has 1 aliphatic rings. The number of aryl methyl sites for hydroxylation is 1. The van der Waals surface area contributed by atoms with Crippen LogP contribution < -0.4 is 5.32 Å². The molecule has 0 saturated carbocycles. The number of rotatable bonds is 5. The maximum Gasteiger partial charge on any atom is 0.154 e. The lowest BCUT2D eigenvalue weighted by molar-refractivity contribution is 0.127. The van der Waals surface area contributed by atoms with E-state index in [4.69, 9.17) is 4.74 Å². The predicted molar refractivity (Wildman–Crippen MR) is 66.8 cm³/mol. The summed E-state index contributed by atoms with van der Waals surface area (Å²) in [5.74, 6) is 0.831. The number of ether oxygens (including phenoxy) is 1. The number of fused-ring (bicyclic) bond motifs is 1. The van der Waals surface area contributed by atoms with E-state index in [-0.39, 0.29) is 0 Å². The standard InChI is InChI=1S/C13H21N3O/c1-3-5-11-10-6-7-14-8-12(10)16-13(15-11)9-17-4-2/h14H,3-9H2,1-2H3. The van der Waals surface area contributed by atoms with Crippen LogP contribution in [-0.4, -0.2) is 23.1 Å². The molecular formula is C13H21N3O. The number of nitrogens with one attached hydrogen (secondary N) is 1. The van der Waals surface area contributed by atoms with Gasteiger partial charge in [-0.2, -0.15) is 0 Å². The highest BCUT2D eigenvalue weighted by Gasteiger charge is 2.16. The Morgan fingerprint density at radius 2 is 2.18 bits per heavy atom. The van der Waals surface area contributed by atoms with Crippen LogP contribution in [0.5, 0.6) is 0 Å². The molecule has 1 aromatic heterocycles. The molecule has 0 fully saturated rings. The minimum atomic E-state index is 0.528. The highest BCUT2D eigenvalue weighted by atomic mass is 16.5. The maximum atomic E-state index is 5.40. The van der Waals surface area contributed by atoms with Crippen molar-refractivity contribution in [2.75, 3.05) is 13.2 Å². The Morgan fingerprint density at radius 1 is 1.29 bits per heavy atom. The lowest BCUT2D eigenvalue weighted by Crippen LogP contribution is -2.27. The van der Waals surface area contributed by atoms with Gasteiger partial charge in [-0.1, -0.05) is 13.3 Å². The average Bonchev–Trinajstić information content (AvgIpc) is 2.37. The molecule has 0 aliphatic carbocycles. The predicted octanol–water partition coefficient (Wildman–Crippen LogP) is 1.61. The summed E-state index contributed by atoms with van der Waals surface area (Å²) in [5.41, 5.74) is 3.77. The molecule has 94 valence electrons. The Morgan fingerprint density at radius 3 is 2.94 bits per heavy atom. The quantitative estimate of drug-likeness (QED) is 0.842. The zero-order valence-electron chi connectivity index (χ0n) is 10.8. The molecule has 0 unspecified atom stereocenters. The van der Waals surface area contributed by atoms with Gasteiger partial charge >= 0.3 is 0 Å². The first-order chi connectivity index (χ1) is 8.35. The summed E-state index contributed by atoms with van der Waals surface area (Å²) >= 11 is 0. The van der Waals surface area contributed by atoms with Crippen molar-refractivity contribution in [2.45, 2.75) is 46.3 Å². The monoisotopic (exact) mass is 235 g/mol. The highest BCUT2D eigenvalue weighted by Crippen LogP contribution is 2.17. The van der Waals surface area contributed by atoms with Crippen LogP contribution in [0.4, 0.5) is 0 Å². The summed E-state index contributed by atoms with van der Waals surface area (Å²) in [7, 11) is 0. The van der Waals surface area contributed by atoms with E-state index in [1.807, 2.05) is 6.92 Å². The van der Waals surface area contributed by atoms with Crippen LogP contribution in [-0.2, 0) is 30.7 Å². The lowest BCUT2D eigenvalue weighted by atomic mass is 10.0. The van der Waals surface area contributed by atoms with Crippen molar-refractivity contribution in [3.63, 3.8) is 0 Å². The molecule has 1 aromatic rings. The van der Waals surface area contributed by atoms with Gasteiger partial charge < -0.3 is 10.1 Å². The van der Waals surface area contributed by atoms with E-state index in [0.29, 0.717) is 13.2 Å². The zero-order chi connectivity index (χ0) is 12.1. The molecule has 4 heteroatoms. The third-order valence-corrected chi connectivity index (χ3v) is 2.99. The van der Waals surface area contributed by atoms with Crippen LogP contribution in [0.15, 0.2) is 0 Å². The van der Waals surface area contributed by atoms with Gasteiger partial charge in [0.2, 0.25) is 0 Å². The second-order valence-electron chi connectivity index (χ2n) is 4.33. The Bertz CT molecular complexity index is 379. The van der Waals surface area contributed by atoms with Crippen molar-refractivity contribution < 1.29 is 4.74 Å². The fourth-order valence-corrected chi connectivity index (χ4v) is 2.19. The van der Waals surface area contributed by atoms with Crippen LogP contribution >= 0.6 is 0 Å². The van der Waals surface area contributed by atoms with E-state index >= 15 is 0 Å². The van der Waals surface area contributed by atoms with Gasteiger partial charge in [-0.15, -0.1) is 0 Å². The fourth-order valence-electron chi connectivity index (χ4n) is 2.19. The van der Waals surface area contributed by atoms with Gasteiger partial charge in [0.15, 0.2) is 5.82 Å². The first-order valence-corrected chi connectivity index (χ1v) is 6.51. The van der Waals surface area contributed by atoms with Gasteiger partial charge in [-0.3, -0.25) is 0 Å². The van der Waals surface area contributed by atoms with Crippen molar-refractivity contribution in [1.29, 1.82) is 0 Å². The molecule has 0 atom stereocenters. The Labute approximate surface area is 103 Å². The molecular weight excluding hydrogens is 214 g/mol. The van der Waals surface area contributed by atoms with Crippen molar-refractivity contribution >= 4 is 0 Å². The second kappa shape index (κ2) is 6.07. The summed E-state index contributed by atoms with van der Waals surface area (Å²) in [6, 6.07) is 0. The van der Waals surface area contributed by atoms with E-state index < -0.39 is 0 Å². The van der Waals surface area contributed by atoms with Crippen LogP contribution in [0, 0.1) is 0 Å². The van der Waals surface area contributed by atoms with E-state index in [2.05, 4.69) is 22.2 Å². The maximum absolute atomic E-state index is 5.40. The molecule has 4 nitrogen and oxygen atoms in total. The van der Waals surface area contributed by atoms with E-state index in [1.165, 1.54) is 17.0 Å². The molecule has 2 heterocycles. The highest BCUT2D eigenvalue weighted by molar-refractivity contribution is 5.28. The average molecular weight is 235 g/mol. The second-order valence-corrected chi connectivity index (χ2v) is 4.33. The van der Waals surface area contributed by atoms with Crippen molar-refractivity contribution in [3.8, 4) is 0 Å². The zero-order valence-corrected chi connectivity index (χ0v) is 10.8. The summed E-state index contributed by atoms with van der Waals surface area (Å²) in [4.78, 5) is 9.24. The normalized spacial score (nSPS) is 14.7. The summed E-state index contributed by atoms with van der Waals surface area (Å²) in [6.45, 7) is 7.33. The number of aromatic nitrogens is 2. The minimum absolute atomic E-state index is 0.528. The molecule has 0 amide bonds. The van der Waals surface area contributed by atoms with Gasteiger partial charge in [0, 0.05) is 18.8 Å². The molecule has 0 radical (unpaired) electrons. The van der Waals surface area contributed by atoms with Crippen molar-refractivity contribution in [3.05, 3.63) is 22.8 Å². The number of nitrogens with zero attached hydrogens (tertiary/aromatic N) is 2. The third-order valence-electron chi connectivity index (χ3n) is 2.99. The minimum Gasteiger partial charge on any atom is -0.374 e. The molecule has 1 aliphatic heterocycles. The summed E-state index contributed by atoms with van der Waals surface area (Å²) < 4.78 is 5.40. The molecule has 0 bridgehead atoms. The number of hydrogen-bond acceptors (Lipinski definition) is 4. The molecule has 1 N–H and O–H groups in total. The van der Waals surface area contributed by atoms with E-state index in [0.717, 1.165) is 38.2 Å². The molecule has 0 aromatic carbocycles. The van der Waals surface area contributed by atoms with Crippen LogP contribution in [0.25, 0.3) is 0 Å². The molecule has 17 heavy (non-hydrogen) atoms. The fraction of sp³-hybridized carbons (Fsp3) is 0.692.